The second-order valence-corrected chi connectivity index (χ2v) is 4.31. The maximum atomic E-state index is 5.64. The Balaban J connectivity index is 1.81. The highest BCUT2D eigenvalue weighted by Crippen LogP contribution is 2.18. The van der Waals surface area contributed by atoms with E-state index in [1.807, 2.05) is 18.3 Å². The minimum Gasteiger partial charge on any atom is -0.377 e. The van der Waals surface area contributed by atoms with Gasteiger partial charge in [-0.3, -0.25) is 0 Å². The SMILES string of the molecule is ClCCOC1CCN(c2ccccn2)CC1. The summed E-state index contributed by atoms with van der Waals surface area (Å²) in [5.74, 6) is 1.65. The Labute approximate surface area is 101 Å². The van der Waals surface area contributed by atoms with Crippen LogP contribution in [0.4, 0.5) is 5.82 Å². The summed E-state index contributed by atoms with van der Waals surface area (Å²) in [6, 6.07) is 6.03. The van der Waals surface area contributed by atoms with Gasteiger partial charge in [-0.15, -0.1) is 11.6 Å². The van der Waals surface area contributed by atoms with Crippen molar-refractivity contribution in [3.63, 3.8) is 0 Å². The molecule has 2 heterocycles. The monoisotopic (exact) mass is 240 g/mol. The Kier molecular flexibility index (Phi) is 4.43. The summed E-state index contributed by atoms with van der Waals surface area (Å²) >= 11 is 5.60. The molecule has 0 saturated carbocycles. The van der Waals surface area contributed by atoms with Crippen LogP contribution in [0.1, 0.15) is 12.8 Å². The van der Waals surface area contributed by atoms with Crippen molar-refractivity contribution in [2.75, 3.05) is 30.5 Å². The van der Waals surface area contributed by atoms with Crippen molar-refractivity contribution in [2.24, 2.45) is 0 Å². The molecule has 1 aromatic rings. The number of hydrogen-bond donors (Lipinski definition) is 0. The Hall–Kier alpha value is -0.800. The fraction of sp³-hybridized carbons (Fsp3) is 0.583. The average Bonchev–Trinajstić information content (AvgIpc) is 2.38. The largest absolute Gasteiger partial charge is 0.377 e. The number of rotatable bonds is 4. The van der Waals surface area contributed by atoms with Crippen molar-refractivity contribution in [3.8, 4) is 0 Å². The second-order valence-electron chi connectivity index (χ2n) is 3.93. The molecule has 4 heteroatoms. The van der Waals surface area contributed by atoms with Crippen LogP contribution >= 0.6 is 11.6 Å². The van der Waals surface area contributed by atoms with E-state index in [1.165, 1.54) is 0 Å². The van der Waals surface area contributed by atoms with Crippen molar-refractivity contribution in [1.29, 1.82) is 0 Å². The first kappa shape index (κ1) is 11.7. The minimum absolute atomic E-state index is 0.374. The predicted molar refractivity (Wildman–Crippen MR) is 66.1 cm³/mol. The summed E-state index contributed by atoms with van der Waals surface area (Å²) in [5, 5.41) is 0. The molecule has 1 aliphatic heterocycles. The first-order valence-corrected chi connectivity index (χ1v) is 6.27. The van der Waals surface area contributed by atoms with Gasteiger partial charge in [-0.2, -0.15) is 0 Å². The number of ether oxygens (including phenoxy) is 1. The zero-order valence-electron chi connectivity index (χ0n) is 9.31. The summed E-state index contributed by atoms with van der Waals surface area (Å²) < 4.78 is 5.64. The van der Waals surface area contributed by atoms with Crippen LogP contribution in [0.2, 0.25) is 0 Å². The van der Waals surface area contributed by atoms with Gasteiger partial charge in [0.15, 0.2) is 0 Å². The number of piperidine rings is 1. The average molecular weight is 241 g/mol. The lowest BCUT2D eigenvalue weighted by atomic mass is 10.1. The molecule has 88 valence electrons. The molecule has 0 aromatic carbocycles. The minimum atomic E-state index is 0.374. The molecule has 0 N–H and O–H groups in total. The highest BCUT2D eigenvalue weighted by molar-refractivity contribution is 6.17. The van der Waals surface area contributed by atoms with Gasteiger partial charge in [0.1, 0.15) is 5.82 Å². The Morgan fingerprint density at radius 1 is 1.38 bits per heavy atom. The number of anilines is 1. The Bertz CT molecular complexity index is 299. The summed E-state index contributed by atoms with van der Waals surface area (Å²) in [4.78, 5) is 6.66. The van der Waals surface area contributed by atoms with Crippen molar-refractivity contribution in [3.05, 3.63) is 24.4 Å². The highest BCUT2D eigenvalue weighted by atomic mass is 35.5. The molecule has 0 radical (unpaired) electrons. The van der Waals surface area contributed by atoms with Crippen molar-refractivity contribution in [2.45, 2.75) is 18.9 Å². The molecular formula is C12H17ClN2O. The van der Waals surface area contributed by atoms with Crippen LogP contribution in [0.3, 0.4) is 0 Å². The lowest BCUT2D eigenvalue weighted by Gasteiger charge is -2.32. The van der Waals surface area contributed by atoms with Gasteiger partial charge in [-0.1, -0.05) is 6.07 Å². The molecule has 0 unspecified atom stereocenters. The van der Waals surface area contributed by atoms with Gasteiger partial charge in [0.05, 0.1) is 12.7 Å². The van der Waals surface area contributed by atoms with Gasteiger partial charge in [0.2, 0.25) is 0 Å². The third kappa shape index (κ3) is 3.09. The highest BCUT2D eigenvalue weighted by Gasteiger charge is 2.19. The van der Waals surface area contributed by atoms with E-state index in [1.54, 1.807) is 0 Å². The maximum absolute atomic E-state index is 5.64. The van der Waals surface area contributed by atoms with E-state index in [0.717, 1.165) is 31.7 Å². The second kappa shape index (κ2) is 6.06. The van der Waals surface area contributed by atoms with E-state index in [4.69, 9.17) is 16.3 Å². The molecule has 1 saturated heterocycles. The van der Waals surface area contributed by atoms with Crippen LogP contribution in [0.5, 0.6) is 0 Å². The molecule has 2 rings (SSSR count). The topological polar surface area (TPSA) is 25.4 Å². The molecule has 0 spiro atoms. The van der Waals surface area contributed by atoms with E-state index < -0.39 is 0 Å². The quantitative estimate of drug-likeness (QED) is 0.756. The van der Waals surface area contributed by atoms with Gasteiger partial charge in [0, 0.05) is 25.2 Å². The Morgan fingerprint density at radius 2 is 2.19 bits per heavy atom. The van der Waals surface area contributed by atoms with Crippen molar-refractivity contribution in [1.82, 2.24) is 4.98 Å². The maximum Gasteiger partial charge on any atom is 0.128 e. The number of halogens is 1. The summed E-state index contributed by atoms with van der Waals surface area (Å²) in [5.41, 5.74) is 0. The Morgan fingerprint density at radius 3 is 2.81 bits per heavy atom. The van der Waals surface area contributed by atoms with E-state index >= 15 is 0 Å². The number of aromatic nitrogens is 1. The standard InChI is InChI=1S/C12H17ClN2O/c13-6-10-16-11-4-8-15(9-5-11)12-3-1-2-7-14-12/h1-3,7,11H,4-6,8-10H2. The molecular weight excluding hydrogens is 224 g/mol. The van der Waals surface area contributed by atoms with Crippen LogP contribution in [-0.2, 0) is 4.74 Å². The predicted octanol–water partition coefficient (Wildman–Crippen LogP) is 2.31. The number of hydrogen-bond acceptors (Lipinski definition) is 3. The van der Waals surface area contributed by atoms with E-state index in [0.29, 0.717) is 18.6 Å². The number of pyridine rings is 1. The van der Waals surface area contributed by atoms with Crippen molar-refractivity contribution < 1.29 is 4.74 Å². The van der Waals surface area contributed by atoms with Crippen LogP contribution in [-0.4, -0.2) is 36.7 Å². The molecule has 0 aliphatic carbocycles. The molecule has 1 aromatic heterocycles. The third-order valence-electron chi connectivity index (χ3n) is 2.85. The number of nitrogens with zero attached hydrogens (tertiary/aromatic N) is 2. The summed E-state index contributed by atoms with van der Waals surface area (Å²) in [6.07, 6.45) is 4.34. The molecule has 1 aliphatic rings. The van der Waals surface area contributed by atoms with E-state index in [9.17, 15) is 0 Å². The third-order valence-corrected chi connectivity index (χ3v) is 3.00. The molecule has 3 nitrogen and oxygen atoms in total. The molecule has 1 fully saturated rings. The lowest BCUT2D eigenvalue weighted by Crippen LogP contribution is -2.37. The van der Waals surface area contributed by atoms with Gasteiger partial charge < -0.3 is 9.64 Å². The number of alkyl halides is 1. The van der Waals surface area contributed by atoms with Crippen LogP contribution < -0.4 is 4.90 Å². The molecule has 0 amide bonds. The van der Waals surface area contributed by atoms with Crippen molar-refractivity contribution >= 4 is 17.4 Å². The normalized spacial score (nSPS) is 17.7. The zero-order chi connectivity index (χ0) is 11.2. The fourth-order valence-corrected chi connectivity index (χ4v) is 2.09. The zero-order valence-corrected chi connectivity index (χ0v) is 10.1. The van der Waals surface area contributed by atoms with Gasteiger partial charge in [0.25, 0.3) is 0 Å². The van der Waals surface area contributed by atoms with Gasteiger partial charge in [-0.25, -0.2) is 4.98 Å². The summed E-state index contributed by atoms with van der Waals surface area (Å²) in [6.45, 7) is 2.70. The van der Waals surface area contributed by atoms with Gasteiger partial charge in [-0.05, 0) is 25.0 Å². The van der Waals surface area contributed by atoms with Crippen LogP contribution in [0.25, 0.3) is 0 Å². The van der Waals surface area contributed by atoms with Gasteiger partial charge >= 0.3 is 0 Å². The van der Waals surface area contributed by atoms with Crippen LogP contribution in [0, 0.1) is 0 Å². The first-order chi connectivity index (χ1) is 7.90. The fourth-order valence-electron chi connectivity index (χ4n) is 2.00. The smallest absolute Gasteiger partial charge is 0.128 e. The first-order valence-electron chi connectivity index (χ1n) is 5.73. The molecule has 0 atom stereocenters. The van der Waals surface area contributed by atoms with E-state index in [2.05, 4.69) is 16.0 Å². The molecule has 0 bridgehead atoms. The van der Waals surface area contributed by atoms with Crippen LogP contribution in [0.15, 0.2) is 24.4 Å². The van der Waals surface area contributed by atoms with E-state index in [-0.39, 0.29) is 0 Å². The summed E-state index contributed by atoms with van der Waals surface area (Å²) in [7, 11) is 0. The lowest BCUT2D eigenvalue weighted by molar-refractivity contribution is 0.0471. The molecule has 16 heavy (non-hydrogen) atoms.